The number of carboxylic acids is 1. The highest BCUT2D eigenvalue weighted by molar-refractivity contribution is 5.82. The van der Waals surface area contributed by atoms with Gasteiger partial charge in [0.05, 0.1) is 5.41 Å². The van der Waals surface area contributed by atoms with Gasteiger partial charge in [-0.25, -0.2) is 0 Å². The molecule has 0 saturated heterocycles. The number of rotatable bonds is 4. The van der Waals surface area contributed by atoms with Crippen LogP contribution in [0.4, 0.5) is 5.69 Å². The largest absolute Gasteiger partial charge is 0.481 e. The summed E-state index contributed by atoms with van der Waals surface area (Å²) in [7, 11) is 0. The molecule has 2 N–H and O–H groups in total. The van der Waals surface area contributed by atoms with Crippen LogP contribution in [0.25, 0.3) is 0 Å². The van der Waals surface area contributed by atoms with E-state index in [1.165, 1.54) is 32.1 Å². The lowest BCUT2D eigenvalue weighted by atomic mass is 9.64. The van der Waals surface area contributed by atoms with Crippen molar-refractivity contribution in [2.75, 3.05) is 5.32 Å². The minimum atomic E-state index is -0.670. The van der Waals surface area contributed by atoms with E-state index in [0.717, 1.165) is 30.5 Å². The molecule has 0 atom stereocenters. The smallest absolute Gasteiger partial charge is 0.314 e. The molecular formula is C17H23NO2. The van der Waals surface area contributed by atoms with E-state index >= 15 is 0 Å². The fourth-order valence-corrected chi connectivity index (χ4v) is 3.52. The Morgan fingerprint density at radius 2 is 1.70 bits per heavy atom. The number of hydrogen-bond acceptors (Lipinski definition) is 2. The molecule has 2 fully saturated rings. The molecule has 3 rings (SSSR count). The zero-order valence-corrected chi connectivity index (χ0v) is 11.9. The molecule has 2 aliphatic rings. The highest BCUT2D eigenvalue weighted by atomic mass is 16.4. The fraction of sp³-hybridized carbons (Fsp3) is 0.588. The lowest BCUT2D eigenvalue weighted by molar-refractivity contribution is -0.147. The van der Waals surface area contributed by atoms with E-state index in [2.05, 4.69) is 5.32 Å². The van der Waals surface area contributed by atoms with Gasteiger partial charge in [-0.3, -0.25) is 4.79 Å². The lowest BCUT2D eigenvalue weighted by Gasteiger charge is -2.38. The first kappa shape index (κ1) is 13.5. The summed E-state index contributed by atoms with van der Waals surface area (Å²) in [6.07, 6.45) is 9.07. The molecule has 0 spiro atoms. The maximum atomic E-state index is 11.5. The van der Waals surface area contributed by atoms with Crippen LogP contribution in [0.2, 0.25) is 0 Å². The van der Waals surface area contributed by atoms with Crippen LogP contribution in [0, 0.1) is 0 Å². The highest BCUT2D eigenvalue weighted by Crippen LogP contribution is 2.44. The predicted octanol–water partition coefficient (Wildman–Crippen LogP) is 3.94. The van der Waals surface area contributed by atoms with Crippen LogP contribution < -0.4 is 5.32 Å². The quantitative estimate of drug-likeness (QED) is 0.873. The summed E-state index contributed by atoms with van der Waals surface area (Å²) in [6.45, 7) is 0. The van der Waals surface area contributed by atoms with E-state index in [4.69, 9.17) is 0 Å². The zero-order valence-electron chi connectivity index (χ0n) is 11.9. The van der Waals surface area contributed by atoms with E-state index < -0.39 is 11.4 Å². The van der Waals surface area contributed by atoms with Crippen molar-refractivity contribution in [1.29, 1.82) is 0 Å². The zero-order chi connectivity index (χ0) is 14.0. The summed E-state index contributed by atoms with van der Waals surface area (Å²) < 4.78 is 0. The predicted molar refractivity (Wildman–Crippen MR) is 80.1 cm³/mol. The minimum absolute atomic E-state index is 0.590. The van der Waals surface area contributed by atoms with Crippen LogP contribution in [0.15, 0.2) is 24.3 Å². The molecule has 1 aromatic rings. The molecule has 0 heterocycles. The van der Waals surface area contributed by atoms with E-state index in [0.29, 0.717) is 6.04 Å². The number of carboxylic acid groups (broad SMARTS) is 1. The van der Waals surface area contributed by atoms with Crippen LogP contribution in [0.1, 0.15) is 56.9 Å². The van der Waals surface area contributed by atoms with Crippen molar-refractivity contribution in [1.82, 2.24) is 0 Å². The molecule has 0 amide bonds. The second-order valence-electron chi connectivity index (χ2n) is 6.30. The normalized spacial score (nSPS) is 22.0. The Morgan fingerprint density at radius 3 is 2.20 bits per heavy atom. The standard InChI is InChI=1S/C17H23NO2/c19-16(20)17(11-4-12-17)13-7-9-15(10-8-13)18-14-5-2-1-3-6-14/h7-10,14,18H,1-6,11-12H2,(H,19,20). The van der Waals surface area contributed by atoms with E-state index in [-0.39, 0.29) is 0 Å². The molecule has 0 unspecified atom stereocenters. The van der Waals surface area contributed by atoms with Crippen molar-refractivity contribution >= 4 is 11.7 Å². The third-order valence-electron chi connectivity index (χ3n) is 5.03. The third kappa shape index (κ3) is 2.41. The topological polar surface area (TPSA) is 49.3 Å². The summed E-state index contributed by atoms with van der Waals surface area (Å²) in [5, 5.41) is 13.0. The summed E-state index contributed by atoms with van der Waals surface area (Å²) in [6, 6.07) is 8.68. The van der Waals surface area contributed by atoms with Gasteiger partial charge in [-0.1, -0.05) is 37.8 Å². The van der Waals surface area contributed by atoms with Crippen LogP contribution in [0.5, 0.6) is 0 Å². The molecule has 3 nitrogen and oxygen atoms in total. The molecule has 2 saturated carbocycles. The first-order valence-corrected chi connectivity index (χ1v) is 7.81. The van der Waals surface area contributed by atoms with Crippen molar-refractivity contribution in [3.8, 4) is 0 Å². The number of benzene rings is 1. The maximum Gasteiger partial charge on any atom is 0.314 e. The van der Waals surface area contributed by atoms with Gasteiger partial charge in [0.2, 0.25) is 0 Å². The Kier molecular flexibility index (Phi) is 3.68. The van der Waals surface area contributed by atoms with Crippen molar-refractivity contribution in [3.63, 3.8) is 0 Å². The van der Waals surface area contributed by atoms with Gasteiger partial charge in [0, 0.05) is 11.7 Å². The molecule has 0 bridgehead atoms. The van der Waals surface area contributed by atoms with Gasteiger partial charge in [0.1, 0.15) is 0 Å². The van der Waals surface area contributed by atoms with Gasteiger partial charge in [-0.15, -0.1) is 0 Å². The Bertz CT molecular complexity index is 470. The van der Waals surface area contributed by atoms with Gasteiger partial charge >= 0.3 is 5.97 Å². The van der Waals surface area contributed by atoms with E-state index in [9.17, 15) is 9.90 Å². The Balaban J connectivity index is 1.69. The van der Waals surface area contributed by atoms with Gasteiger partial charge in [0.25, 0.3) is 0 Å². The monoisotopic (exact) mass is 273 g/mol. The molecule has 108 valence electrons. The molecule has 1 aromatic carbocycles. The maximum absolute atomic E-state index is 11.5. The second-order valence-corrected chi connectivity index (χ2v) is 6.30. The van der Waals surface area contributed by atoms with Crippen molar-refractivity contribution < 1.29 is 9.90 Å². The number of nitrogens with one attached hydrogen (secondary N) is 1. The third-order valence-corrected chi connectivity index (χ3v) is 5.03. The molecule has 3 heteroatoms. The Labute approximate surface area is 120 Å². The SMILES string of the molecule is O=C(O)C1(c2ccc(NC3CCCCC3)cc2)CCC1. The summed E-state index contributed by atoms with van der Waals surface area (Å²) in [5.74, 6) is -0.670. The average Bonchev–Trinajstić information content (AvgIpc) is 2.40. The molecule has 0 aliphatic heterocycles. The molecule has 0 aromatic heterocycles. The number of anilines is 1. The number of carbonyl (C=O) groups is 1. The Hall–Kier alpha value is -1.51. The summed E-state index contributed by atoms with van der Waals surface area (Å²) in [5.41, 5.74) is 1.48. The summed E-state index contributed by atoms with van der Waals surface area (Å²) in [4.78, 5) is 11.5. The van der Waals surface area contributed by atoms with Gasteiger partial charge in [0.15, 0.2) is 0 Å². The van der Waals surface area contributed by atoms with Crippen LogP contribution in [-0.4, -0.2) is 17.1 Å². The van der Waals surface area contributed by atoms with Crippen molar-refractivity contribution in [3.05, 3.63) is 29.8 Å². The van der Waals surface area contributed by atoms with Crippen LogP contribution in [-0.2, 0) is 10.2 Å². The van der Waals surface area contributed by atoms with Crippen molar-refractivity contribution in [2.24, 2.45) is 0 Å². The average molecular weight is 273 g/mol. The number of hydrogen-bond donors (Lipinski definition) is 2. The summed E-state index contributed by atoms with van der Waals surface area (Å²) >= 11 is 0. The minimum Gasteiger partial charge on any atom is -0.481 e. The molecule has 0 radical (unpaired) electrons. The number of aliphatic carboxylic acids is 1. The highest BCUT2D eigenvalue weighted by Gasteiger charge is 2.45. The first-order valence-electron chi connectivity index (χ1n) is 7.81. The van der Waals surface area contributed by atoms with Crippen LogP contribution >= 0.6 is 0 Å². The molecular weight excluding hydrogens is 250 g/mol. The van der Waals surface area contributed by atoms with Crippen LogP contribution in [0.3, 0.4) is 0 Å². The molecule has 20 heavy (non-hydrogen) atoms. The van der Waals surface area contributed by atoms with E-state index in [1.807, 2.05) is 24.3 Å². The van der Waals surface area contributed by atoms with Gasteiger partial charge < -0.3 is 10.4 Å². The van der Waals surface area contributed by atoms with Gasteiger partial charge in [-0.2, -0.15) is 0 Å². The Morgan fingerprint density at radius 1 is 1.05 bits per heavy atom. The second kappa shape index (κ2) is 5.47. The van der Waals surface area contributed by atoms with E-state index in [1.54, 1.807) is 0 Å². The van der Waals surface area contributed by atoms with Gasteiger partial charge in [-0.05, 0) is 43.4 Å². The lowest BCUT2D eigenvalue weighted by Crippen LogP contribution is -2.42. The first-order chi connectivity index (χ1) is 9.71. The van der Waals surface area contributed by atoms with Crippen molar-refractivity contribution in [2.45, 2.75) is 62.8 Å². The molecule has 2 aliphatic carbocycles. The fourth-order valence-electron chi connectivity index (χ4n) is 3.52.